The van der Waals surface area contributed by atoms with E-state index in [1.807, 2.05) is 43.0 Å². The van der Waals surface area contributed by atoms with Crippen LogP contribution in [0.4, 0.5) is 5.69 Å². The first-order valence-corrected chi connectivity index (χ1v) is 12.1. The van der Waals surface area contributed by atoms with Gasteiger partial charge in [-0.25, -0.2) is 8.42 Å². The number of benzene rings is 1. The Morgan fingerprint density at radius 1 is 1.10 bits per heavy atom. The Hall–Kier alpha value is -2.55. The van der Waals surface area contributed by atoms with Crippen molar-refractivity contribution in [3.05, 3.63) is 41.2 Å². The summed E-state index contributed by atoms with van der Waals surface area (Å²) in [5.41, 5.74) is 3.15. The molecule has 4 rings (SSSR count). The van der Waals surface area contributed by atoms with Crippen LogP contribution in [0.3, 0.4) is 0 Å². The second-order valence-corrected chi connectivity index (χ2v) is 10.3. The zero-order valence-electron chi connectivity index (χ0n) is 17.7. The van der Waals surface area contributed by atoms with Crippen molar-refractivity contribution in [2.75, 3.05) is 49.7 Å². The van der Waals surface area contributed by atoms with Crippen molar-refractivity contribution in [1.82, 2.24) is 14.7 Å². The molecule has 1 aromatic carbocycles. The van der Waals surface area contributed by atoms with Gasteiger partial charge in [0.15, 0.2) is 9.84 Å². The van der Waals surface area contributed by atoms with Crippen molar-refractivity contribution in [3.63, 3.8) is 0 Å². The van der Waals surface area contributed by atoms with Crippen LogP contribution in [0.15, 0.2) is 24.3 Å². The number of piperazine rings is 1. The number of sulfone groups is 1. The standard InChI is InChI=1S/C21H28N4O4S/c1-15-20(16(2)25(22-15)18-8-13-30(27,28)14-18)21(26)24-11-9-23(10-12-24)17-4-6-19(29-3)7-5-17/h4-7,18H,8-14H2,1-3H3/t18-/m0/s1. The number of carbonyl (C=O) groups excluding carboxylic acids is 1. The predicted molar refractivity (Wildman–Crippen MR) is 115 cm³/mol. The zero-order chi connectivity index (χ0) is 21.5. The minimum atomic E-state index is -3.01. The molecule has 0 spiro atoms. The quantitative estimate of drug-likeness (QED) is 0.733. The molecule has 1 atom stereocenters. The largest absolute Gasteiger partial charge is 0.497 e. The van der Waals surface area contributed by atoms with Crippen LogP contribution in [-0.2, 0) is 9.84 Å². The Morgan fingerprint density at radius 3 is 2.33 bits per heavy atom. The van der Waals surface area contributed by atoms with Crippen molar-refractivity contribution >= 4 is 21.4 Å². The average Bonchev–Trinajstić information content (AvgIpc) is 3.25. The van der Waals surface area contributed by atoms with Crippen LogP contribution >= 0.6 is 0 Å². The Labute approximate surface area is 177 Å². The molecule has 2 saturated heterocycles. The van der Waals surface area contributed by atoms with Gasteiger partial charge in [-0.15, -0.1) is 0 Å². The fourth-order valence-corrected chi connectivity index (χ4v) is 6.11. The maximum atomic E-state index is 13.2. The van der Waals surface area contributed by atoms with E-state index in [1.165, 1.54) is 0 Å². The van der Waals surface area contributed by atoms with Crippen LogP contribution in [0.5, 0.6) is 5.75 Å². The highest BCUT2D eigenvalue weighted by molar-refractivity contribution is 7.91. The number of hydrogen-bond acceptors (Lipinski definition) is 6. The number of aromatic nitrogens is 2. The number of anilines is 1. The maximum absolute atomic E-state index is 13.2. The molecule has 2 aliphatic rings. The lowest BCUT2D eigenvalue weighted by Crippen LogP contribution is -2.49. The third-order valence-corrected chi connectivity index (χ3v) is 7.85. The van der Waals surface area contributed by atoms with Gasteiger partial charge in [0, 0.05) is 37.6 Å². The van der Waals surface area contributed by atoms with Crippen molar-refractivity contribution in [1.29, 1.82) is 0 Å². The first-order chi connectivity index (χ1) is 14.3. The monoisotopic (exact) mass is 432 g/mol. The van der Waals surface area contributed by atoms with E-state index in [2.05, 4.69) is 10.00 Å². The Bertz CT molecular complexity index is 1040. The van der Waals surface area contributed by atoms with Crippen molar-refractivity contribution in [2.24, 2.45) is 0 Å². The number of ether oxygens (including phenoxy) is 1. The fraction of sp³-hybridized carbons (Fsp3) is 0.524. The third kappa shape index (κ3) is 3.90. The van der Waals surface area contributed by atoms with Gasteiger partial charge >= 0.3 is 0 Å². The van der Waals surface area contributed by atoms with Crippen molar-refractivity contribution < 1.29 is 17.9 Å². The summed E-state index contributed by atoms with van der Waals surface area (Å²) in [6, 6.07) is 7.77. The van der Waals surface area contributed by atoms with E-state index in [1.54, 1.807) is 11.8 Å². The lowest BCUT2D eigenvalue weighted by Gasteiger charge is -2.36. The minimum Gasteiger partial charge on any atom is -0.497 e. The Balaban J connectivity index is 1.45. The fourth-order valence-electron chi connectivity index (χ4n) is 4.42. The number of methoxy groups -OCH3 is 1. The summed E-state index contributed by atoms with van der Waals surface area (Å²) < 4.78 is 30.7. The average molecular weight is 433 g/mol. The van der Waals surface area contributed by atoms with E-state index >= 15 is 0 Å². The van der Waals surface area contributed by atoms with E-state index in [0.717, 1.165) is 30.2 Å². The predicted octanol–water partition coefficient (Wildman–Crippen LogP) is 1.83. The van der Waals surface area contributed by atoms with Crippen LogP contribution < -0.4 is 9.64 Å². The summed E-state index contributed by atoms with van der Waals surface area (Å²) in [6.45, 7) is 6.47. The molecule has 162 valence electrons. The maximum Gasteiger partial charge on any atom is 0.257 e. The summed E-state index contributed by atoms with van der Waals surface area (Å²) in [5.74, 6) is 1.09. The number of hydrogen-bond donors (Lipinski definition) is 0. The molecule has 9 heteroatoms. The molecule has 30 heavy (non-hydrogen) atoms. The number of aryl methyl sites for hydroxylation is 1. The molecule has 1 aromatic heterocycles. The highest BCUT2D eigenvalue weighted by Crippen LogP contribution is 2.28. The lowest BCUT2D eigenvalue weighted by atomic mass is 10.1. The molecule has 2 aromatic rings. The molecular weight excluding hydrogens is 404 g/mol. The Morgan fingerprint density at radius 2 is 1.77 bits per heavy atom. The first kappa shape index (κ1) is 20.7. The summed E-state index contributed by atoms with van der Waals surface area (Å²) in [5, 5.41) is 4.53. The molecule has 0 N–H and O–H groups in total. The molecule has 1 amide bonds. The van der Waals surface area contributed by atoms with Gasteiger partial charge < -0.3 is 14.5 Å². The summed E-state index contributed by atoms with van der Waals surface area (Å²) in [6.07, 6.45) is 0.554. The van der Waals surface area contributed by atoms with Gasteiger partial charge in [0.1, 0.15) is 5.75 Å². The van der Waals surface area contributed by atoms with Crippen LogP contribution in [-0.4, -0.2) is 73.8 Å². The van der Waals surface area contributed by atoms with Gasteiger partial charge in [-0.1, -0.05) is 0 Å². The van der Waals surface area contributed by atoms with Crippen LogP contribution in [0, 0.1) is 13.8 Å². The summed E-state index contributed by atoms with van der Waals surface area (Å²) in [7, 11) is -1.36. The minimum absolute atomic E-state index is 0.0218. The smallest absolute Gasteiger partial charge is 0.257 e. The topological polar surface area (TPSA) is 84.7 Å². The molecule has 3 heterocycles. The number of nitrogens with zero attached hydrogens (tertiary/aromatic N) is 4. The highest BCUT2D eigenvalue weighted by Gasteiger charge is 2.33. The van der Waals surface area contributed by atoms with Gasteiger partial charge in [-0.05, 0) is 44.5 Å². The van der Waals surface area contributed by atoms with E-state index in [4.69, 9.17) is 4.74 Å². The normalized spacial score (nSPS) is 21.1. The van der Waals surface area contributed by atoms with Gasteiger partial charge in [-0.2, -0.15) is 5.10 Å². The second kappa shape index (κ2) is 7.94. The molecule has 0 aliphatic carbocycles. The van der Waals surface area contributed by atoms with Crippen molar-refractivity contribution in [3.8, 4) is 5.75 Å². The van der Waals surface area contributed by atoms with E-state index in [-0.39, 0.29) is 23.5 Å². The molecule has 0 bridgehead atoms. The van der Waals surface area contributed by atoms with E-state index in [9.17, 15) is 13.2 Å². The molecule has 8 nitrogen and oxygen atoms in total. The van der Waals surface area contributed by atoms with Gasteiger partial charge in [0.05, 0.1) is 35.9 Å². The van der Waals surface area contributed by atoms with Gasteiger partial charge in [0.2, 0.25) is 0 Å². The number of rotatable bonds is 4. The molecular formula is C21H28N4O4S. The van der Waals surface area contributed by atoms with Gasteiger partial charge in [0.25, 0.3) is 5.91 Å². The molecule has 2 fully saturated rings. The van der Waals surface area contributed by atoms with Crippen LogP contribution in [0.2, 0.25) is 0 Å². The SMILES string of the molecule is COc1ccc(N2CCN(C(=O)c3c(C)nn([C@H]4CCS(=O)(=O)C4)c3C)CC2)cc1. The number of amides is 1. The second-order valence-electron chi connectivity index (χ2n) is 8.02. The summed E-state index contributed by atoms with van der Waals surface area (Å²) in [4.78, 5) is 17.4. The molecule has 0 radical (unpaired) electrons. The lowest BCUT2D eigenvalue weighted by molar-refractivity contribution is 0.0745. The van der Waals surface area contributed by atoms with Crippen LogP contribution in [0.1, 0.15) is 34.2 Å². The molecule has 0 unspecified atom stereocenters. The van der Waals surface area contributed by atoms with Crippen LogP contribution in [0.25, 0.3) is 0 Å². The highest BCUT2D eigenvalue weighted by atomic mass is 32.2. The third-order valence-electron chi connectivity index (χ3n) is 6.10. The van der Waals surface area contributed by atoms with Gasteiger partial charge in [-0.3, -0.25) is 9.48 Å². The molecule has 0 saturated carbocycles. The van der Waals surface area contributed by atoms with E-state index < -0.39 is 9.84 Å². The van der Waals surface area contributed by atoms with E-state index in [0.29, 0.717) is 30.8 Å². The zero-order valence-corrected chi connectivity index (χ0v) is 18.5. The molecule has 2 aliphatic heterocycles. The first-order valence-electron chi connectivity index (χ1n) is 10.2. The summed E-state index contributed by atoms with van der Waals surface area (Å²) >= 11 is 0. The van der Waals surface area contributed by atoms with Crippen molar-refractivity contribution in [2.45, 2.75) is 26.3 Å². The number of carbonyl (C=O) groups is 1. The Kier molecular flexibility index (Phi) is 5.48.